The molecule has 1 aromatic heterocycles. The Labute approximate surface area is 117 Å². The molecule has 0 fully saturated rings. The van der Waals surface area contributed by atoms with Gasteiger partial charge in [0.05, 0.1) is 11.6 Å². The van der Waals surface area contributed by atoms with Crippen LogP contribution in [0.25, 0.3) is 0 Å². The average molecular weight is 269 g/mol. The van der Waals surface area contributed by atoms with Crippen molar-refractivity contribution >= 4 is 11.6 Å². The van der Waals surface area contributed by atoms with Gasteiger partial charge in [-0.25, -0.2) is 0 Å². The van der Waals surface area contributed by atoms with Crippen molar-refractivity contribution < 1.29 is 14.0 Å². The number of nitrogens with zero attached hydrogens (tertiary/aromatic N) is 1. The Balaban J connectivity index is 2.15. The van der Waals surface area contributed by atoms with Crippen LogP contribution in [0.2, 0.25) is 0 Å². The van der Waals surface area contributed by atoms with Gasteiger partial charge in [0.15, 0.2) is 11.5 Å². The fraction of sp³-hybridized carbons (Fsp3) is 0.250. The molecular formula is C16H15NO3. The molecule has 1 unspecified atom stereocenters. The predicted octanol–water partition coefficient (Wildman–Crippen LogP) is 2.68. The van der Waals surface area contributed by atoms with Gasteiger partial charge in [0, 0.05) is 11.1 Å². The SMILES string of the molecule is CC(c1cc2c(o1)C(=O)c1ccccc1C2=O)N(C)C. The highest BCUT2D eigenvalue weighted by molar-refractivity contribution is 6.27. The summed E-state index contributed by atoms with van der Waals surface area (Å²) in [7, 11) is 3.84. The molecule has 2 aromatic rings. The zero-order chi connectivity index (χ0) is 14.4. The van der Waals surface area contributed by atoms with E-state index < -0.39 is 0 Å². The largest absolute Gasteiger partial charge is 0.455 e. The Morgan fingerprint density at radius 3 is 2.20 bits per heavy atom. The first-order valence-electron chi connectivity index (χ1n) is 6.49. The molecule has 0 amide bonds. The lowest BCUT2D eigenvalue weighted by atomic mass is 9.88. The van der Waals surface area contributed by atoms with Crippen LogP contribution in [-0.4, -0.2) is 30.6 Å². The summed E-state index contributed by atoms with van der Waals surface area (Å²) in [5, 5.41) is 0. The van der Waals surface area contributed by atoms with E-state index in [1.807, 2.05) is 25.9 Å². The molecule has 3 rings (SSSR count). The normalized spacial score (nSPS) is 15.2. The molecule has 0 radical (unpaired) electrons. The third-order valence-electron chi connectivity index (χ3n) is 3.80. The zero-order valence-corrected chi connectivity index (χ0v) is 11.6. The number of benzene rings is 1. The number of ketones is 2. The van der Waals surface area contributed by atoms with E-state index in [1.54, 1.807) is 30.3 Å². The van der Waals surface area contributed by atoms with Crippen molar-refractivity contribution in [3.8, 4) is 0 Å². The molecule has 4 heteroatoms. The molecule has 1 atom stereocenters. The van der Waals surface area contributed by atoms with Crippen molar-refractivity contribution in [3.63, 3.8) is 0 Å². The van der Waals surface area contributed by atoms with Crippen LogP contribution in [0, 0.1) is 0 Å². The zero-order valence-electron chi connectivity index (χ0n) is 11.6. The Hall–Kier alpha value is -2.20. The smallest absolute Gasteiger partial charge is 0.229 e. The lowest BCUT2D eigenvalue weighted by Crippen LogP contribution is -2.18. The summed E-state index contributed by atoms with van der Waals surface area (Å²) in [6.45, 7) is 1.96. The monoisotopic (exact) mass is 269 g/mol. The number of fused-ring (bicyclic) bond motifs is 2. The number of carbonyl (C=O) groups is 2. The second-order valence-corrected chi connectivity index (χ2v) is 5.23. The van der Waals surface area contributed by atoms with E-state index >= 15 is 0 Å². The Morgan fingerprint density at radius 1 is 1.00 bits per heavy atom. The second-order valence-electron chi connectivity index (χ2n) is 5.23. The lowest BCUT2D eigenvalue weighted by molar-refractivity contribution is 0.0957. The molecule has 0 saturated carbocycles. The predicted molar refractivity (Wildman–Crippen MR) is 74.1 cm³/mol. The molecule has 0 saturated heterocycles. The first kappa shape index (κ1) is 12.8. The maximum absolute atomic E-state index is 12.4. The summed E-state index contributed by atoms with van der Waals surface area (Å²) >= 11 is 0. The fourth-order valence-corrected chi connectivity index (χ4v) is 2.35. The van der Waals surface area contributed by atoms with Gasteiger partial charge in [-0.3, -0.25) is 14.5 Å². The molecule has 0 spiro atoms. The minimum absolute atomic E-state index is 0.00399. The van der Waals surface area contributed by atoms with Gasteiger partial charge in [-0.2, -0.15) is 0 Å². The third-order valence-corrected chi connectivity index (χ3v) is 3.80. The van der Waals surface area contributed by atoms with Crippen LogP contribution < -0.4 is 0 Å². The first-order chi connectivity index (χ1) is 9.50. The molecular weight excluding hydrogens is 254 g/mol. The number of rotatable bonds is 2. The van der Waals surface area contributed by atoms with Crippen LogP contribution >= 0.6 is 0 Å². The van der Waals surface area contributed by atoms with Gasteiger partial charge in [0.25, 0.3) is 0 Å². The van der Waals surface area contributed by atoms with Crippen molar-refractivity contribution in [1.29, 1.82) is 0 Å². The van der Waals surface area contributed by atoms with E-state index in [-0.39, 0.29) is 23.4 Å². The molecule has 0 N–H and O–H groups in total. The highest BCUT2D eigenvalue weighted by atomic mass is 16.4. The van der Waals surface area contributed by atoms with Gasteiger partial charge in [0.1, 0.15) is 5.76 Å². The lowest BCUT2D eigenvalue weighted by Gasteiger charge is -2.16. The van der Waals surface area contributed by atoms with E-state index in [1.165, 1.54) is 0 Å². The van der Waals surface area contributed by atoms with Crippen molar-refractivity contribution in [2.24, 2.45) is 0 Å². The van der Waals surface area contributed by atoms with Crippen LogP contribution in [0.3, 0.4) is 0 Å². The third kappa shape index (κ3) is 1.72. The summed E-state index contributed by atoms with van der Waals surface area (Å²) in [6.07, 6.45) is 0. The molecule has 0 bridgehead atoms. The van der Waals surface area contributed by atoms with E-state index in [0.29, 0.717) is 22.5 Å². The minimum Gasteiger partial charge on any atom is -0.455 e. The van der Waals surface area contributed by atoms with Gasteiger partial charge < -0.3 is 4.42 Å². The number of hydrogen-bond acceptors (Lipinski definition) is 4. The van der Waals surface area contributed by atoms with Crippen LogP contribution in [0.15, 0.2) is 34.7 Å². The minimum atomic E-state index is -0.215. The number of carbonyl (C=O) groups excluding carboxylic acids is 2. The van der Waals surface area contributed by atoms with E-state index in [9.17, 15) is 9.59 Å². The quantitative estimate of drug-likeness (QED) is 0.717. The van der Waals surface area contributed by atoms with Crippen LogP contribution in [0.5, 0.6) is 0 Å². The van der Waals surface area contributed by atoms with E-state index in [4.69, 9.17) is 4.42 Å². The maximum atomic E-state index is 12.4. The molecule has 1 aromatic carbocycles. The average Bonchev–Trinajstić information content (AvgIpc) is 2.89. The highest BCUT2D eigenvalue weighted by Crippen LogP contribution is 2.32. The Bertz CT molecular complexity index is 660. The molecule has 0 aliphatic heterocycles. The summed E-state index contributed by atoms with van der Waals surface area (Å²) in [4.78, 5) is 26.8. The summed E-state index contributed by atoms with van der Waals surface area (Å²) in [5.74, 6) is 0.440. The van der Waals surface area contributed by atoms with Gasteiger partial charge in [-0.05, 0) is 27.1 Å². The first-order valence-corrected chi connectivity index (χ1v) is 6.49. The van der Waals surface area contributed by atoms with E-state index in [2.05, 4.69) is 0 Å². The van der Waals surface area contributed by atoms with Crippen LogP contribution in [0.4, 0.5) is 0 Å². The van der Waals surface area contributed by atoms with Crippen LogP contribution in [0.1, 0.15) is 50.8 Å². The van der Waals surface area contributed by atoms with Crippen molar-refractivity contribution in [2.75, 3.05) is 14.1 Å². The van der Waals surface area contributed by atoms with Gasteiger partial charge in [-0.15, -0.1) is 0 Å². The second kappa shape index (κ2) is 4.42. The van der Waals surface area contributed by atoms with Crippen molar-refractivity contribution in [3.05, 3.63) is 58.5 Å². The molecule has 1 aliphatic carbocycles. The summed E-state index contributed by atoms with van der Waals surface area (Å²) in [6, 6.07) is 8.55. The molecule has 102 valence electrons. The van der Waals surface area contributed by atoms with Gasteiger partial charge in [-0.1, -0.05) is 24.3 Å². The van der Waals surface area contributed by atoms with Gasteiger partial charge >= 0.3 is 0 Å². The highest BCUT2D eigenvalue weighted by Gasteiger charge is 2.34. The summed E-state index contributed by atoms with van der Waals surface area (Å²) < 4.78 is 5.66. The number of hydrogen-bond donors (Lipinski definition) is 0. The maximum Gasteiger partial charge on any atom is 0.229 e. The summed E-state index contributed by atoms with van der Waals surface area (Å²) in [5.41, 5.74) is 1.25. The van der Waals surface area contributed by atoms with Crippen LogP contribution in [-0.2, 0) is 0 Å². The van der Waals surface area contributed by atoms with E-state index in [0.717, 1.165) is 0 Å². The van der Waals surface area contributed by atoms with Gasteiger partial charge in [0.2, 0.25) is 5.78 Å². The molecule has 1 heterocycles. The number of furan rings is 1. The van der Waals surface area contributed by atoms with Crippen molar-refractivity contribution in [1.82, 2.24) is 4.90 Å². The standard InChI is InChI=1S/C16H15NO3/c1-9(17(2)3)13-8-12-14(18)10-6-4-5-7-11(10)15(19)16(12)20-13/h4-9H,1-3H3. The Kier molecular flexibility index (Phi) is 2.83. The topological polar surface area (TPSA) is 50.5 Å². The molecule has 20 heavy (non-hydrogen) atoms. The van der Waals surface area contributed by atoms with Crippen molar-refractivity contribution in [2.45, 2.75) is 13.0 Å². The molecule has 4 nitrogen and oxygen atoms in total. The molecule has 1 aliphatic rings. The fourth-order valence-electron chi connectivity index (χ4n) is 2.35. The Morgan fingerprint density at radius 2 is 1.60 bits per heavy atom.